The van der Waals surface area contributed by atoms with Crippen LogP contribution in [0.3, 0.4) is 0 Å². The predicted octanol–water partition coefficient (Wildman–Crippen LogP) is 5.15. The Morgan fingerprint density at radius 2 is 1.61 bits per heavy atom. The highest BCUT2D eigenvalue weighted by atomic mass is 35.5. The van der Waals surface area contributed by atoms with Gasteiger partial charge in [0.25, 0.3) is 5.91 Å². The number of hydrazone groups is 1. The summed E-state index contributed by atoms with van der Waals surface area (Å²) in [5.74, 6) is 0.275. The molecule has 3 rings (SSSR count). The van der Waals surface area contributed by atoms with E-state index in [-0.39, 0.29) is 12.5 Å². The number of hydrogen-bond acceptors (Lipinski definition) is 3. The highest BCUT2D eigenvalue weighted by Gasteiger charge is 2.06. The Bertz CT molecular complexity index is 960. The van der Waals surface area contributed by atoms with Crippen LogP contribution < -0.4 is 10.2 Å². The zero-order chi connectivity index (χ0) is 19.9. The molecule has 0 aromatic heterocycles. The van der Waals surface area contributed by atoms with Gasteiger partial charge in [0.2, 0.25) is 0 Å². The number of nitrogens with one attached hydrogen (secondary N) is 1. The summed E-state index contributed by atoms with van der Waals surface area (Å²) >= 11 is 6.13. The second kappa shape index (κ2) is 9.20. The van der Waals surface area contributed by atoms with Gasteiger partial charge in [0.15, 0.2) is 6.61 Å². The van der Waals surface area contributed by atoms with Gasteiger partial charge < -0.3 is 4.74 Å². The molecule has 4 nitrogen and oxygen atoms in total. The molecule has 1 amide bonds. The van der Waals surface area contributed by atoms with Crippen LogP contribution in [0.5, 0.6) is 5.75 Å². The molecule has 0 atom stereocenters. The van der Waals surface area contributed by atoms with Gasteiger partial charge in [-0.05, 0) is 53.8 Å². The monoisotopic (exact) mass is 392 g/mol. The number of rotatable bonds is 6. The molecule has 0 bridgehead atoms. The van der Waals surface area contributed by atoms with Crippen molar-refractivity contribution in [1.29, 1.82) is 0 Å². The fraction of sp³-hybridized carbons (Fsp3) is 0.130. The lowest BCUT2D eigenvalue weighted by Gasteiger charge is -2.09. The third-order valence-corrected chi connectivity index (χ3v) is 4.80. The minimum atomic E-state index is -0.331. The van der Waals surface area contributed by atoms with E-state index in [1.165, 1.54) is 0 Å². The van der Waals surface area contributed by atoms with Crippen molar-refractivity contribution in [2.24, 2.45) is 5.10 Å². The number of halogens is 1. The van der Waals surface area contributed by atoms with Crippen LogP contribution in [0.4, 0.5) is 0 Å². The zero-order valence-corrected chi connectivity index (χ0v) is 16.5. The van der Waals surface area contributed by atoms with Crippen LogP contribution in [-0.2, 0) is 4.79 Å². The normalized spacial score (nSPS) is 10.8. The molecule has 3 aromatic rings. The van der Waals surface area contributed by atoms with E-state index in [4.69, 9.17) is 16.3 Å². The molecule has 5 heteroatoms. The smallest absolute Gasteiger partial charge is 0.277 e. The molecule has 3 aromatic carbocycles. The van der Waals surface area contributed by atoms with E-state index in [2.05, 4.69) is 22.7 Å². The van der Waals surface area contributed by atoms with Gasteiger partial charge in [0.05, 0.1) is 6.21 Å². The molecule has 142 valence electrons. The van der Waals surface area contributed by atoms with Gasteiger partial charge in [-0.15, -0.1) is 0 Å². The second-order valence-corrected chi connectivity index (χ2v) is 6.82. The van der Waals surface area contributed by atoms with Gasteiger partial charge >= 0.3 is 0 Å². The van der Waals surface area contributed by atoms with E-state index in [0.717, 1.165) is 27.8 Å². The van der Waals surface area contributed by atoms with Crippen molar-refractivity contribution in [3.8, 4) is 16.9 Å². The Morgan fingerprint density at radius 1 is 1.00 bits per heavy atom. The van der Waals surface area contributed by atoms with Crippen LogP contribution in [0, 0.1) is 13.8 Å². The van der Waals surface area contributed by atoms with Crippen LogP contribution in [0.1, 0.15) is 16.7 Å². The SMILES string of the molecule is Cc1cc(OCC(=O)N/N=C/c2ccc(-c3ccccc3)cc2)cc(C)c1Cl. The van der Waals surface area contributed by atoms with E-state index in [9.17, 15) is 4.79 Å². The van der Waals surface area contributed by atoms with Gasteiger partial charge in [-0.3, -0.25) is 4.79 Å². The number of benzene rings is 3. The molecule has 0 radical (unpaired) electrons. The number of ether oxygens (including phenoxy) is 1. The molecule has 0 saturated heterocycles. The van der Waals surface area contributed by atoms with Crippen molar-refractivity contribution in [3.05, 3.63) is 88.4 Å². The maximum atomic E-state index is 11.9. The van der Waals surface area contributed by atoms with E-state index < -0.39 is 0 Å². The fourth-order valence-electron chi connectivity index (χ4n) is 2.74. The Labute approximate surface area is 169 Å². The van der Waals surface area contributed by atoms with E-state index in [0.29, 0.717) is 10.8 Å². The number of carbonyl (C=O) groups is 1. The standard InChI is InChI=1S/C23H21ClN2O2/c1-16-12-21(13-17(2)23(16)24)28-15-22(27)26-25-14-18-8-10-20(11-9-18)19-6-4-3-5-7-19/h3-14H,15H2,1-2H3,(H,26,27)/b25-14+. The minimum absolute atomic E-state index is 0.120. The first kappa shape index (κ1) is 19.6. The Balaban J connectivity index is 1.51. The summed E-state index contributed by atoms with van der Waals surface area (Å²) in [6, 6.07) is 21.7. The average Bonchev–Trinajstić information content (AvgIpc) is 2.71. The van der Waals surface area contributed by atoms with Gasteiger partial charge in [-0.1, -0.05) is 66.2 Å². The van der Waals surface area contributed by atoms with Crippen LogP contribution in [0.2, 0.25) is 5.02 Å². The number of nitrogens with zero attached hydrogens (tertiary/aromatic N) is 1. The molecule has 28 heavy (non-hydrogen) atoms. The predicted molar refractivity (Wildman–Crippen MR) is 114 cm³/mol. The number of aryl methyl sites for hydroxylation is 2. The van der Waals surface area contributed by atoms with Crippen molar-refractivity contribution in [2.75, 3.05) is 6.61 Å². The average molecular weight is 393 g/mol. The molecular formula is C23H21ClN2O2. The van der Waals surface area contributed by atoms with Crippen molar-refractivity contribution in [1.82, 2.24) is 5.43 Å². The van der Waals surface area contributed by atoms with Gasteiger partial charge in [-0.2, -0.15) is 5.10 Å². The molecule has 1 N–H and O–H groups in total. The molecule has 0 unspecified atom stereocenters. The number of hydrogen-bond donors (Lipinski definition) is 1. The molecule has 0 aliphatic rings. The van der Waals surface area contributed by atoms with Crippen LogP contribution in [0.15, 0.2) is 71.8 Å². The van der Waals surface area contributed by atoms with Gasteiger partial charge in [0.1, 0.15) is 5.75 Å². The summed E-state index contributed by atoms with van der Waals surface area (Å²) in [6.45, 7) is 3.68. The van der Waals surface area contributed by atoms with Crippen molar-refractivity contribution in [3.63, 3.8) is 0 Å². The number of amides is 1. The van der Waals surface area contributed by atoms with E-state index >= 15 is 0 Å². The largest absolute Gasteiger partial charge is 0.484 e. The van der Waals surface area contributed by atoms with Gasteiger partial charge in [0, 0.05) is 5.02 Å². The van der Waals surface area contributed by atoms with Crippen molar-refractivity contribution >= 4 is 23.7 Å². The van der Waals surface area contributed by atoms with E-state index in [1.54, 1.807) is 18.3 Å². The molecule has 0 fully saturated rings. The third kappa shape index (κ3) is 5.21. The quantitative estimate of drug-likeness (QED) is 0.465. The third-order valence-electron chi connectivity index (χ3n) is 4.20. The fourth-order valence-corrected chi connectivity index (χ4v) is 2.85. The van der Waals surface area contributed by atoms with Crippen molar-refractivity contribution in [2.45, 2.75) is 13.8 Å². The molecule has 0 saturated carbocycles. The number of carbonyl (C=O) groups excluding carboxylic acids is 1. The Hall–Kier alpha value is -3.11. The molecule has 0 heterocycles. The first-order valence-corrected chi connectivity index (χ1v) is 9.27. The Kier molecular flexibility index (Phi) is 6.45. The molecule has 0 aliphatic heterocycles. The molecular weight excluding hydrogens is 372 g/mol. The summed E-state index contributed by atoms with van der Waals surface area (Å²) in [7, 11) is 0. The summed E-state index contributed by atoms with van der Waals surface area (Å²) in [5.41, 5.74) is 7.47. The Morgan fingerprint density at radius 3 is 2.25 bits per heavy atom. The van der Waals surface area contributed by atoms with Crippen molar-refractivity contribution < 1.29 is 9.53 Å². The van der Waals surface area contributed by atoms with E-state index in [1.807, 2.05) is 56.3 Å². The highest BCUT2D eigenvalue weighted by Crippen LogP contribution is 2.25. The lowest BCUT2D eigenvalue weighted by atomic mass is 10.0. The zero-order valence-electron chi connectivity index (χ0n) is 15.8. The highest BCUT2D eigenvalue weighted by molar-refractivity contribution is 6.32. The summed E-state index contributed by atoms with van der Waals surface area (Å²) in [6.07, 6.45) is 1.60. The topological polar surface area (TPSA) is 50.7 Å². The first-order chi connectivity index (χ1) is 13.5. The minimum Gasteiger partial charge on any atom is -0.484 e. The summed E-state index contributed by atoms with van der Waals surface area (Å²) in [5, 5.41) is 4.69. The van der Waals surface area contributed by atoms with Crippen LogP contribution >= 0.6 is 11.6 Å². The summed E-state index contributed by atoms with van der Waals surface area (Å²) in [4.78, 5) is 11.9. The summed E-state index contributed by atoms with van der Waals surface area (Å²) < 4.78 is 5.51. The maximum absolute atomic E-state index is 11.9. The second-order valence-electron chi connectivity index (χ2n) is 6.44. The van der Waals surface area contributed by atoms with Gasteiger partial charge in [-0.25, -0.2) is 5.43 Å². The first-order valence-electron chi connectivity index (χ1n) is 8.90. The maximum Gasteiger partial charge on any atom is 0.277 e. The van der Waals surface area contributed by atoms with Crippen LogP contribution in [-0.4, -0.2) is 18.7 Å². The molecule has 0 aliphatic carbocycles. The lowest BCUT2D eigenvalue weighted by Crippen LogP contribution is -2.24. The molecule has 0 spiro atoms. The lowest BCUT2D eigenvalue weighted by molar-refractivity contribution is -0.123. The van der Waals surface area contributed by atoms with Crippen LogP contribution in [0.25, 0.3) is 11.1 Å².